The minimum absolute atomic E-state index is 0.167. The highest BCUT2D eigenvalue weighted by atomic mass is 16.4. The van der Waals surface area contributed by atoms with Crippen molar-refractivity contribution in [3.63, 3.8) is 0 Å². The van der Waals surface area contributed by atoms with Crippen LogP contribution >= 0.6 is 0 Å². The van der Waals surface area contributed by atoms with Crippen molar-refractivity contribution in [3.05, 3.63) is 0 Å². The van der Waals surface area contributed by atoms with Crippen molar-refractivity contribution >= 4 is 11.6 Å². The van der Waals surface area contributed by atoms with Gasteiger partial charge in [0.05, 0.1) is 26.4 Å². The maximum Gasteiger partial charge on any atom is 0.126 e. The first-order valence-corrected chi connectivity index (χ1v) is 9.37. The Morgan fingerprint density at radius 3 is 0.594 bits per heavy atom. The molecule has 8 atom stereocenters. The molecular formula is C18H40O14. The van der Waals surface area contributed by atoms with Crippen molar-refractivity contribution in [2.75, 3.05) is 26.4 Å². The van der Waals surface area contributed by atoms with Gasteiger partial charge in [-0.05, 0) is 27.7 Å². The molecule has 0 aliphatic rings. The number of Topliss-reactive ketones (excluding diaryl/α,β-unsaturated/α-hetero) is 2. The van der Waals surface area contributed by atoms with Crippen LogP contribution in [0.15, 0.2) is 0 Å². The Labute approximate surface area is 186 Å². The zero-order valence-electron chi connectivity index (χ0n) is 18.6. The Morgan fingerprint density at radius 2 is 0.531 bits per heavy atom. The number of ketones is 2. The number of carbonyl (C=O) groups excluding carboxylic acids is 2. The molecule has 0 fully saturated rings. The first kappa shape index (κ1) is 38.1. The average Bonchev–Trinajstić information content (AvgIpc) is 2.74. The summed E-state index contributed by atoms with van der Waals surface area (Å²) in [4.78, 5) is 18.9. The summed E-state index contributed by atoms with van der Waals surface area (Å²) in [7, 11) is 0. The van der Waals surface area contributed by atoms with Gasteiger partial charge < -0.3 is 70.9 Å². The summed E-state index contributed by atoms with van der Waals surface area (Å²) < 4.78 is 0. The predicted octanol–water partition coefficient (Wildman–Crippen LogP) is -5.98. The van der Waals surface area contributed by atoms with Crippen molar-refractivity contribution in [3.8, 4) is 0 Å². The summed E-state index contributed by atoms with van der Waals surface area (Å²) in [6.45, 7) is 3.21. The van der Waals surface area contributed by atoms with Gasteiger partial charge in [0.1, 0.15) is 60.4 Å². The van der Waals surface area contributed by atoms with Crippen molar-refractivity contribution < 1.29 is 70.9 Å². The molecule has 0 aliphatic heterocycles. The summed E-state index contributed by atoms with van der Waals surface area (Å²) in [5.41, 5.74) is 0. The van der Waals surface area contributed by atoms with Crippen LogP contribution in [0.5, 0.6) is 0 Å². The second kappa shape index (κ2) is 23.0. The van der Waals surface area contributed by atoms with Gasteiger partial charge in [0.15, 0.2) is 0 Å². The molecular weight excluding hydrogens is 440 g/mol. The third kappa shape index (κ3) is 23.5. The van der Waals surface area contributed by atoms with Crippen LogP contribution < -0.4 is 0 Å². The lowest BCUT2D eigenvalue weighted by Gasteiger charge is -2.24. The molecule has 0 aromatic heterocycles. The van der Waals surface area contributed by atoms with E-state index in [4.69, 9.17) is 61.3 Å². The van der Waals surface area contributed by atoms with Crippen LogP contribution in [0.25, 0.3) is 0 Å². The van der Waals surface area contributed by atoms with Gasteiger partial charge in [-0.1, -0.05) is 0 Å². The van der Waals surface area contributed by atoms with Gasteiger partial charge in [0, 0.05) is 0 Å². The highest BCUT2D eigenvalue weighted by Crippen LogP contribution is 2.04. The van der Waals surface area contributed by atoms with Gasteiger partial charge >= 0.3 is 0 Å². The Bertz CT molecular complexity index is 373. The molecule has 14 heteroatoms. The lowest BCUT2D eigenvalue weighted by Crippen LogP contribution is -2.46. The normalized spacial score (nSPS) is 17.8. The minimum atomic E-state index is -1.67. The maximum absolute atomic E-state index is 9.44. The number of rotatable bonds is 10. The summed E-state index contributed by atoms with van der Waals surface area (Å²) in [6.07, 6.45) is -12.8. The fraction of sp³-hybridized carbons (Fsp3) is 0.889. The van der Waals surface area contributed by atoms with Gasteiger partial charge in [-0.25, -0.2) is 0 Å². The average molecular weight is 481 g/mol. The fourth-order valence-electron chi connectivity index (χ4n) is 1.34. The molecule has 0 saturated carbocycles. The number of carbonyl (C=O) groups is 2. The zero-order valence-corrected chi connectivity index (χ0v) is 18.6. The monoisotopic (exact) mass is 480 g/mol. The molecule has 196 valence electrons. The molecule has 0 amide bonds. The highest BCUT2D eigenvalue weighted by molar-refractivity contribution is 5.72. The second-order valence-corrected chi connectivity index (χ2v) is 6.78. The van der Waals surface area contributed by atoms with E-state index in [-0.39, 0.29) is 11.6 Å². The van der Waals surface area contributed by atoms with E-state index in [0.717, 1.165) is 0 Å². The lowest BCUT2D eigenvalue weighted by atomic mass is 10.0. The lowest BCUT2D eigenvalue weighted by molar-refractivity contribution is -0.123. The van der Waals surface area contributed by atoms with Gasteiger partial charge in [0.25, 0.3) is 0 Å². The summed E-state index contributed by atoms with van der Waals surface area (Å²) in [5, 5.41) is 104. The van der Waals surface area contributed by atoms with Crippen molar-refractivity contribution in [1.82, 2.24) is 0 Å². The second-order valence-electron chi connectivity index (χ2n) is 6.78. The van der Waals surface area contributed by atoms with Crippen molar-refractivity contribution in [2.45, 2.75) is 76.5 Å². The molecule has 0 rings (SSSR count). The van der Waals surface area contributed by atoms with E-state index < -0.39 is 75.3 Å². The molecule has 0 spiro atoms. The molecule has 0 aromatic rings. The summed E-state index contributed by atoms with van der Waals surface area (Å²) >= 11 is 0. The topological polar surface area (TPSA) is 277 Å². The largest absolute Gasteiger partial charge is 0.394 e. The molecule has 0 aromatic carbocycles. The van der Waals surface area contributed by atoms with Gasteiger partial charge in [-0.15, -0.1) is 0 Å². The van der Waals surface area contributed by atoms with E-state index in [1.165, 1.54) is 27.7 Å². The van der Waals surface area contributed by atoms with Crippen LogP contribution in [-0.4, -0.2) is 148 Å². The van der Waals surface area contributed by atoms with Crippen LogP contribution in [0.1, 0.15) is 27.7 Å². The van der Waals surface area contributed by atoms with Crippen LogP contribution in [0.4, 0.5) is 0 Å². The number of hydrogen-bond acceptors (Lipinski definition) is 14. The van der Waals surface area contributed by atoms with Crippen LogP contribution in [0.3, 0.4) is 0 Å². The predicted molar refractivity (Wildman–Crippen MR) is 109 cm³/mol. The molecule has 0 heterocycles. The molecule has 0 saturated heterocycles. The van der Waals surface area contributed by atoms with Gasteiger partial charge in [-0.3, -0.25) is 0 Å². The van der Waals surface area contributed by atoms with E-state index in [2.05, 4.69) is 0 Å². The first-order valence-electron chi connectivity index (χ1n) is 9.37. The zero-order chi connectivity index (χ0) is 26.6. The van der Waals surface area contributed by atoms with Gasteiger partial charge in [-0.2, -0.15) is 0 Å². The Hall–Kier alpha value is -1.14. The van der Waals surface area contributed by atoms with Crippen molar-refractivity contribution in [2.24, 2.45) is 0 Å². The van der Waals surface area contributed by atoms with E-state index in [9.17, 15) is 9.59 Å². The molecule has 32 heavy (non-hydrogen) atoms. The fourth-order valence-corrected chi connectivity index (χ4v) is 1.34. The number of aliphatic hydroxyl groups is 12. The van der Waals surface area contributed by atoms with Crippen LogP contribution in [-0.2, 0) is 9.59 Å². The molecule has 0 unspecified atom stereocenters. The van der Waals surface area contributed by atoms with Crippen LogP contribution in [0.2, 0.25) is 0 Å². The van der Waals surface area contributed by atoms with E-state index >= 15 is 0 Å². The minimum Gasteiger partial charge on any atom is -0.394 e. The molecule has 0 radical (unpaired) electrons. The van der Waals surface area contributed by atoms with Crippen LogP contribution in [0, 0.1) is 0 Å². The van der Waals surface area contributed by atoms with E-state index in [1.807, 2.05) is 0 Å². The third-order valence-electron chi connectivity index (χ3n) is 3.02. The Morgan fingerprint density at radius 1 is 0.438 bits per heavy atom. The number of aliphatic hydroxyl groups excluding tert-OH is 12. The molecule has 14 nitrogen and oxygen atoms in total. The van der Waals surface area contributed by atoms with Gasteiger partial charge in [0.2, 0.25) is 0 Å². The van der Waals surface area contributed by atoms with E-state index in [0.29, 0.717) is 0 Å². The summed E-state index contributed by atoms with van der Waals surface area (Å²) in [6, 6.07) is 0. The first-order chi connectivity index (χ1) is 14.5. The molecule has 12 N–H and O–H groups in total. The smallest absolute Gasteiger partial charge is 0.126 e. The molecule has 0 bridgehead atoms. The third-order valence-corrected chi connectivity index (χ3v) is 3.02. The quantitative estimate of drug-likeness (QED) is 0.139. The summed E-state index contributed by atoms with van der Waals surface area (Å²) in [5.74, 6) is 0.333. The molecule has 0 aliphatic carbocycles. The standard InChI is InChI=1S/2C6H14O6.2C3H6O/c2*7-1-3(9)5(11)6(12)4(10)2-8;2*1-3(2)4/h2*3-12H,1-2H2;2*1-2H3/t2*3-,4-,5-,6-;;/m11../s1. The highest BCUT2D eigenvalue weighted by Gasteiger charge is 2.30. The van der Waals surface area contributed by atoms with Crippen molar-refractivity contribution in [1.29, 1.82) is 0 Å². The Balaban J connectivity index is -0.000000184. The Kier molecular flexibility index (Phi) is 27.5. The maximum atomic E-state index is 9.44. The number of hydrogen-bond donors (Lipinski definition) is 12. The van der Waals surface area contributed by atoms with E-state index in [1.54, 1.807) is 0 Å². The SMILES string of the molecule is CC(C)=O.CC(C)=O.OC[C@@H](O)[C@@H](O)[C@H](O)[C@H](O)CO.OC[C@@H](O)[C@@H](O)[C@H](O)[C@H](O)CO.